The average molecular weight is 324 g/mol. The Morgan fingerprint density at radius 1 is 1.23 bits per heavy atom. The summed E-state index contributed by atoms with van der Waals surface area (Å²) in [4.78, 5) is 27.0. The first-order valence-corrected chi connectivity index (χ1v) is 6.95. The Bertz CT molecular complexity index is 678. The SMILES string of the molecule is CCOC(=O)c1nc(-c2ccc(Cl)cc2)oc1COC(C)=O. The maximum Gasteiger partial charge on any atom is 0.360 e. The summed E-state index contributed by atoms with van der Waals surface area (Å²) in [6, 6.07) is 6.77. The number of hydrogen-bond donors (Lipinski definition) is 0. The number of hydrogen-bond acceptors (Lipinski definition) is 6. The molecule has 1 aromatic heterocycles. The monoisotopic (exact) mass is 323 g/mol. The molecule has 1 aromatic carbocycles. The van der Waals surface area contributed by atoms with Crippen LogP contribution in [-0.4, -0.2) is 23.5 Å². The first-order valence-electron chi connectivity index (χ1n) is 6.57. The van der Waals surface area contributed by atoms with Gasteiger partial charge < -0.3 is 13.9 Å². The van der Waals surface area contributed by atoms with E-state index in [1.54, 1.807) is 31.2 Å². The minimum Gasteiger partial charge on any atom is -0.461 e. The quantitative estimate of drug-likeness (QED) is 0.786. The summed E-state index contributed by atoms with van der Waals surface area (Å²) in [6.07, 6.45) is 0. The lowest BCUT2D eigenvalue weighted by Crippen LogP contribution is -2.09. The van der Waals surface area contributed by atoms with Crippen LogP contribution in [0, 0.1) is 0 Å². The molecule has 0 saturated heterocycles. The van der Waals surface area contributed by atoms with Crippen molar-refractivity contribution in [2.45, 2.75) is 20.5 Å². The third kappa shape index (κ3) is 3.85. The number of halogens is 1. The molecule has 0 atom stereocenters. The highest BCUT2D eigenvalue weighted by atomic mass is 35.5. The zero-order chi connectivity index (χ0) is 16.1. The molecule has 116 valence electrons. The van der Waals surface area contributed by atoms with E-state index in [2.05, 4.69) is 4.98 Å². The largest absolute Gasteiger partial charge is 0.461 e. The van der Waals surface area contributed by atoms with Gasteiger partial charge in [0.25, 0.3) is 0 Å². The number of carbonyl (C=O) groups is 2. The highest BCUT2D eigenvalue weighted by Gasteiger charge is 2.22. The normalized spacial score (nSPS) is 10.3. The van der Waals surface area contributed by atoms with E-state index < -0.39 is 11.9 Å². The number of ether oxygens (including phenoxy) is 2. The molecule has 6 nitrogen and oxygen atoms in total. The van der Waals surface area contributed by atoms with Crippen LogP contribution in [0.15, 0.2) is 28.7 Å². The van der Waals surface area contributed by atoms with Gasteiger partial charge in [-0.1, -0.05) is 11.6 Å². The lowest BCUT2D eigenvalue weighted by Gasteiger charge is -2.01. The number of nitrogens with zero attached hydrogens (tertiary/aromatic N) is 1. The summed E-state index contributed by atoms with van der Waals surface area (Å²) in [6.45, 7) is 2.96. The lowest BCUT2D eigenvalue weighted by molar-refractivity contribution is -0.142. The minimum absolute atomic E-state index is 0.00644. The molecule has 0 unspecified atom stereocenters. The van der Waals surface area contributed by atoms with E-state index in [4.69, 9.17) is 25.5 Å². The summed E-state index contributed by atoms with van der Waals surface area (Å²) >= 11 is 5.83. The van der Waals surface area contributed by atoms with E-state index in [9.17, 15) is 9.59 Å². The highest BCUT2D eigenvalue weighted by Crippen LogP contribution is 2.24. The fourth-order valence-electron chi connectivity index (χ4n) is 1.69. The first-order chi connectivity index (χ1) is 10.5. The molecule has 0 aliphatic heterocycles. The van der Waals surface area contributed by atoms with E-state index in [-0.39, 0.29) is 30.6 Å². The fourth-order valence-corrected chi connectivity index (χ4v) is 1.82. The van der Waals surface area contributed by atoms with E-state index in [0.717, 1.165) is 0 Å². The second-order valence-electron chi connectivity index (χ2n) is 4.30. The van der Waals surface area contributed by atoms with Gasteiger partial charge in [-0.25, -0.2) is 9.78 Å². The molecule has 2 aromatic rings. The summed E-state index contributed by atoms with van der Waals surface area (Å²) in [5.74, 6) is -0.756. The average Bonchev–Trinajstić information content (AvgIpc) is 2.90. The van der Waals surface area contributed by atoms with Crippen LogP contribution in [0.5, 0.6) is 0 Å². The highest BCUT2D eigenvalue weighted by molar-refractivity contribution is 6.30. The summed E-state index contributed by atoms with van der Waals surface area (Å²) in [5, 5.41) is 0.570. The number of oxazole rings is 1. The van der Waals surface area contributed by atoms with Crippen molar-refractivity contribution in [3.8, 4) is 11.5 Å². The van der Waals surface area contributed by atoms with Gasteiger partial charge in [0.1, 0.15) is 0 Å². The Labute approximate surface area is 132 Å². The molecular weight excluding hydrogens is 310 g/mol. The van der Waals surface area contributed by atoms with Crippen molar-refractivity contribution in [1.82, 2.24) is 4.98 Å². The van der Waals surface area contributed by atoms with Gasteiger partial charge in [-0.05, 0) is 31.2 Å². The summed E-state index contributed by atoms with van der Waals surface area (Å²) in [7, 11) is 0. The van der Waals surface area contributed by atoms with E-state index in [0.29, 0.717) is 10.6 Å². The van der Waals surface area contributed by atoms with Gasteiger partial charge in [0.05, 0.1) is 6.61 Å². The smallest absolute Gasteiger partial charge is 0.360 e. The maximum absolute atomic E-state index is 11.9. The van der Waals surface area contributed by atoms with Gasteiger partial charge in [0, 0.05) is 17.5 Å². The molecule has 0 aliphatic carbocycles. The molecular formula is C15H14ClNO5. The molecule has 0 amide bonds. The molecule has 0 bridgehead atoms. The van der Waals surface area contributed by atoms with Crippen molar-refractivity contribution >= 4 is 23.5 Å². The predicted molar refractivity (Wildman–Crippen MR) is 78.4 cm³/mol. The maximum atomic E-state index is 11.9. The second kappa shape index (κ2) is 7.09. The Morgan fingerprint density at radius 2 is 1.91 bits per heavy atom. The van der Waals surface area contributed by atoms with Gasteiger partial charge in [-0.3, -0.25) is 4.79 Å². The van der Waals surface area contributed by atoms with Gasteiger partial charge in [-0.15, -0.1) is 0 Å². The molecule has 0 N–H and O–H groups in total. The number of aromatic nitrogens is 1. The van der Waals surface area contributed by atoms with E-state index in [1.165, 1.54) is 6.92 Å². The fraction of sp³-hybridized carbons (Fsp3) is 0.267. The first kappa shape index (κ1) is 16.0. The van der Waals surface area contributed by atoms with Crippen LogP contribution in [0.2, 0.25) is 5.02 Å². The van der Waals surface area contributed by atoms with Crippen LogP contribution < -0.4 is 0 Å². The predicted octanol–water partition coefficient (Wildman–Crippen LogP) is 3.23. The van der Waals surface area contributed by atoms with Crippen molar-refractivity contribution in [2.24, 2.45) is 0 Å². The molecule has 22 heavy (non-hydrogen) atoms. The molecule has 1 heterocycles. The molecule has 0 saturated carbocycles. The molecule has 0 spiro atoms. The van der Waals surface area contributed by atoms with Crippen molar-refractivity contribution < 1.29 is 23.5 Å². The minimum atomic E-state index is -0.631. The number of carbonyl (C=O) groups excluding carboxylic acids is 2. The Balaban J connectivity index is 2.35. The third-order valence-electron chi connectivity index (χ3n) is 2.66. The Hall–Kier alpha value is -2.34. The van der Waals surface area contributed by atoms with E-state index in [1.807, 2.05) is 0 Å². The van der Waals surface area contributed by atoms with Crippen LogP contribution in [0.3, 0.4) is 0 Å². The van der Waals surface area contributed by atoms with Crippen LogP contribution in [0.1, 0.15) is 30.1 Å². The van der Waals surface area contributed by atoms with Crippen LogP contribution in [0.25, 0.3) is 11.5 Å². The number of benzene rings is 1. The molecule has 0 radical (unpaired) electrons. The standard InChI is InChI=1S/C15H14ClNO5/c1-3-20-15(19)13-12(8-21-9(2)18)22-14(17-13)10-4-6-11(16)7-5-10/h4-7H,3,8H2,1-2H3. The zero-order valence-electron chi connectivity index (χ0n) is 12.1. The van der Waals surface area contributed by atoms with E-state index >= 15 is 0 Å². The molecule has 2 rings (SSSR count). The second-order valence-corrected chi connectivity index (χ2v) is 4.73. The Morgan fingerprint density at radius 3 is 2.50 bits per heavy atom. The molecule has 0 fully saturated rings. The zero-order valence-corrected chi connectivity index (χ0v) is 12.8. The molecule has 7 heteroatoms. The topological polar surface area (TPSA) is 78.6 Å². The van der Waals surface area contributed by atoms with Gasteiger partial charge in [0.15, 0.2) is 18.1 Å². The number of esters is 2. The van der Waals surface area contributed by atoms with Crippen LogP contribution >= 0.6 is 11.6 Å². The third-order valence-corrected chi connectivity index (χ3v) is 2.92. The van der Waals surface area contributed by atoms with Gasteiger partial charge in [0.2, 0.25) is 5.89 Å². The summed E-state index contributed by atoms with van der Waals surface area (Å²) < 4.78 is 15.3. The van der Waals surface area contributed by atoms with Crippen LogP contribution in [0.4, 0.5) is 0 Å². The van der Waals surface area contributed by atoms with Gasteiger partial charge in [-0.2, -0.15) is 0 Å². The molecule has 0 aliphatic rings. The number of rotatable bonds is 5. The van der Waals surface area contributed by atoms with Crippen molar-refractivity contribution in [2.75, 3.05) is 6.61 Å². The Kier molecular flexibility index (Phi) is 5.16. The van der Waals surface area contributed by atoms with Crippen molar-refractivity contribution in [3.05, 3.63) is 40.7 Å². The summed E-state index contributed by atoms with van der Waals surface area (Å²) in [5.41, 5.74) is 0.636. The van der Waals surface area contributed by atoms with Crippen molar-refractivity contribution in [1.29, 1.82) is 0 Å². The lowest BCUT2D eigenvalue weighted by atomic mass is 10.2. The van der Waals surface area contributed by atoms with Gasteiger partial charge >= 0.3 is 11.9 Å². The van der Waals surface area contributed by atoms with Crippen molar-refractivity contribution in [3.63, 3.8) is 0 Å². The van der Waals surface area contributed by atoms with Crippen LogP contribution in [-0.2, 0) is 20.9 Å².